The van der Waals surface area contributed by atoms with Crippen molar-refractivity contribution in [2.75, 3.05) is 11.9 Å². The molecule has 3 rings (SSSR count). The molecule has 0 heterocycles. The number of aliphatic hydroxyl groups excluding tert-OH is 1. The van der Waals surface area contributed by atoms with Gasteiger partial charge in [0.25, 0.3) is 5.91 Å². The van der Waals surface area contributed by atoms with Crippen molar-refractivity contribution in [3.63, 3.8) is 0 Å². The summed E-state index contributed by atoms with van der Waals surface area (Å²) < 4.78 is 0. The van der Waals surface area contributed by atoms with Crippen LogP contribution in [-0.2, 0) is 9.59 Å². The molecule has 0 aliphatic carbocycles. The summed E-state index contributed by atoms with van der Waals surface area (Å²) in [6.45, 7) is -0.258. The first-order valence-electron chi connectivity index (χ1n) is 8.69. The molecule has 0 saturated heterocycles. The first-order chi connectivity index (χ1) is 13.5. The van der Waals surface area contributed by atoms with Crippen molar-refractivity contribution in [1.82, 2.24) is 5.32 Å². The van der Waals surface area contributed by atoms with Crippen LogP contribution >= 0.6 is 11.6 Å². The van der Waals surface area contributed by atoms with Gasteiger partial charge in [0.2, 0.25) is 5.91 Å². The smallest absolute Gasteiger partial charge is 0.253 e. The van der Waals surface area contributed by atoms with Gasteiger partial charge in [-0.25, -0.2) is 0 Å². The molecule has 0 aromatic heterocycles. The van der Waals surface area contributed by atoms with Crippen molar-refractivity contribution in [2.45, 2.75) is 6.10 Å². The molecule has 0 saturated carbocycles. The number of carbonyl (C=O) groups is 2. The van der Waals surface area contributed by atoms with Gasteiger partial charge in [-0.15, -0.1) is 0 Å². The molecule has 1 atom stereocenters. The molecule has 142 valence electrons. The summed E-state index contributed by atoms with van der Waals surface area (Å²) in [5.41, 5.74) is 2.99. The predicted molar refractivity (Wildman–Crippen MR) is 110 cm³/mol. The maximum absolute atomic E-state index is 12.1. The molecule has 28 heavy (non-hydrogen) atoms. The van der Waals surface area contributed by atoms with E-state index in [1.54, 1.807) is 24.3 Å². The monoisotopic (exact) mass is 394 g/mol. The summed E-state index contributed by atoms with van der Waals surface area (Å²) in [6, 6.07) is 23.6. The van der Waals surface area contributed by atoms with Gasteiger partial charge in [0.15, 0.2) is 6.10 Å². The highest BCUT2D eigenvalue weighted by atomic mass is 35.5. The second-order valence-corrected chi connectivity index (χ2v) is 6.61. The molecule has 5 nitrogen and oxygen atoms in total. The molecule has 0 spiro atoms. The van der Waals surface area contributed by atoms with Crippen molar-refractivity contribution in [3.05, 3.63) is 89.4 Å². The van der Waals surface area contributed by atoms with E-state index in [1.165, 1.54) is 6.07 Å². The van der Waals surface area contributed by atoms with Crippen LogP contribution in [0, 0.1) is 0 Å². The second kappa shape index (κ2) is 9.17. The summed E-state index contributed by atoms with van der Waals surface area (Å²) in [4.78, 5) is 24.2. The number of hydrogen-bond donors (Lipinski definition) is 3. The number of hydrogen-bond acceptors (Lipinski definition) is 3. The standard InChI is InChI=1S/C22H19ClN2O3/c23-18-10-4-9-17(12-18)21(27)22(28)24-14-20(26)25-19-11-5-8-16(13-19)15-6-2-1-3-7-15/h1-13,21,27H,14H2,(H,24,28)(H,25,26)/t21-/m0/s1. The summed E-state index contributed by atoms with van der Waals surface area (Å²) in [6.07, 6.45) is -1.40. The maximum atomic E-state index is 12.1. The second-order valence-electron chi connectivity index (χ2n) is 6.17. The molecule has 0 radical (unpaired) electrons. The van der Waals surface area contributed by atoms with Crippen molar-refractivity contribution in [3.8, 4) is 11.1 Å². The number of nitrogens with one attached hydrogen (secondary N) is 2. The number of benzene rings is 3. The van der Waals surface area contributed by atoms with Gasteiger partial charge in [0.05, 0.1) is 6.54 Å². The number of halogens is 1. The van der Waals surface area contributed by atoms with E-state index in [0.717, 1.165) is 11.1 Å². The molecule has 0 unspecified atom stereocenters. The zero-order chi connectivity index (χ0) is 19.9. The van der Waals surface area contributed by atoms with Gasteiger partial charge in [0, 0.05) is 10.7 Å². The van der Waals surface area contributed by atoms with E-state index < -0.39 is 17.9 Å². The van der Waals surface area contributed by atoms with Gasteiger partial charge >= 0.3 is 0 Å². The Hall–Kier alpha value is -3.15. The predicted octanol–water partition coefficient (Wildman–Crippen LogP) is 3.80. The minimum absolute atomic E-state index is 0.258. The van der Waals surface area contributed by atoms with Crippen LogP contribution in [0.5, 0.6) is 0 Å². The highest BCUT2D eigenvalue weighted by Gasteiger charge is 2.18. The highest BCUT2D eigenvalue weighted by Crippen LogP contribution is 2.22. The Morgan fingerprint density at radius 1 is 0.893 bits per heavy atom. The summed E-state index contributed by atoms with van der Waals surface area (Å²) in [7, 11) is 0. The molecule has 0 bridgehead atoms. The Kier molecular flexibility index (Phi) is 6.42. The molecule has 2 amide bonds. The number of carbonyl (C=O) groups excluding carboxylic acids is 2. The minimum atomic E-state index is -1.40. The Morgan fingerprint density at radius 3 is 2.36 bits per heavy atom. The van der Waals surface area contributed by atoms with Crippen LogP contribution in [0.25, 0.3) is 11.1 Å². The van der Waals surface area contributed by atoms with Crippen molar-refractivity contribution >= 4 is 29.1 Å². The highest BCUT2D eigenvalue weighted by molar-refractivity contribution is 6.30. The average molecular weight is 395 g/mol. The Morgan fingerprint density at radius 2 is 1.61 bits per heavy atom. The molecule has 3 aromatic carbocycles. The van der Waals surface area contributed by atoms with E-state index >= 15 is 0 Å². The summed E-state index contributed by atoms with van der Waals surface area (Å²) >= 11 is 5.86. The lowest BCUT2D eigenvalue weighted by atomic mass is 10.1. The third-order valence-electron chi connectivity index (χ3n) is 4.09. The lowest BCUT2D eigenvalue weighted by molar-refractivity contribution is -0.131. The van der Waals surface area contributed by atoms with Gasteiger partial charge in [-0.2, -0.15) is 0 Å². The molecular formula is C22H19ClN2O3. The maximum Gasteiger partial charge on any atom is 0.253 e. The van der Waals surface area contributed by atoms with Gasteiger partial charge in [-0.3, -0.25) is 9.59 Å². The number of amides is 2. The van der Waals surface area contributed by atoms with E-state index in [1.807, 2.05) is 48.5 Å². The zero-order valence-electron chi connectivity index (χ0n) is 14.9. The van der Waals surface area contributed by atoms with E-state index in [4.69, 9.17) is 11.6 Å². The molecule has 6 heteroatoms. The lowest BCUT2D eigenvalue weighted by Crippen LogP contribution is -2.36. The topological polar surface area (TPSA) is 78.4 Å². The van der Waals surface area contributed by atoms with Crippen LogP contribution in [0.1, 0.15) is 11.7 Å². The van der Waals surface area contributed by atoms with E-state index in [-0.39, 0.29) is 6.54 Å². The number of anilines is 1. The Labute approximate surface area is 168 Å². The summed E-state index contributed by atoms with van der Waals surface area (Å²) in [5, 5.41) is 15.7. The number of aliphatic hydroxyl groups is 1. The van der Waals surface area contributed by atoms with Gasteiger partial charge in [0.1, 0.15) is 0 Å². The SMILES string of the molecule is O=C(CNC(=O)[C@@H](O)c1cccc(Cl)c1)Nc1cccc(-c2ccccc2)c1. The minimum Gasteiger partial charge on any atom is -0.378 e. The fourth-order valence-corrected chi connectivity index (χ4v) is 2.90. The van der Waals surface area contributed by atoms with Crippen LogP contribution < -0.4 is 10.6 Å². The molecule has 0 aliphatic heterocycles. The molecule has 0 aliphatic rings. The van der Waals surface area contributed by atoms with Crippen LogP contribution in [0.3, 0.4) is 0 Å². The fourth-order valence-electron chi connectivity index (χ4n) is 2.70. The molecule has 0 fully saturated rings. The summed E-state index contributed by atoms with van der Waals surface area (Å²) in [5.74, 6) is -1.06. The third kappa shape index (κ3) is 5.19. The normalized spacial score (nSPS) is 11.5. The molecular weight excluding hydrogens is 376 g/mol. The van der Waals surface area contributed by atoms with Crippen LogP contribution in [-0.4, -0.2) is 23.5 Å². The quantitative estimate of drug-likeness (QED) is 0.595. The molecule has 3 aromatic rings. The van der Waals surface area contributed by atoms with Gasteiger partial charge in [-0.1, -0.05) is 66.2 Å². The fraction of sp³-hybridized carbons (Fsp3) is 0.0909. The first-order valence-corrected chi connectivity index (χ1v) is 9.07. The largest absolute Gasteiger partial charge is 0.378 e. The van der Waals surface area contributed by atoms with E-state index in [2.05, 4.69) is 10.6 Å². The van der Waals surface area contributed by atoms with Crippen LogP contribution in [0.15, 0.2) is 78.9 Å². The van der Waals surface area contributed by atoms with Crippen molar-refractivity contribution in [1.29, 1.82) is 0 Å². The third-order valence-corrected chi connectivity index (χ3v) is 4.32. The van der Waals surface area contributed by atoms with E-state index in [9.17, 15) is 14.7 Å². The lowest BCUT2D eigenvalue weighted by Gasteiger charge is -2.12. The average Bonchev–Trinajstić information content (AvgIpc) is 2.72. The first kappa shape index (κ1) is 19.6. The number of rotatable bonds is 6. The van der Waals surface area contributed by atoms with Gasteiger partial charge in [-0.05, 0) is 41.0 Å². The van der Waals surface area contributed by atoms with Crippen LogP contribution in [0.4, 0.5) is 5.69 Å². The van der Waals surface area contributed by atoms with Crippen molar-refractivity contribution in [2.24, 2.45) is 0 Å². The van der Waals surface area contributed by atoms with Crippen molar-refractivity contribution < 1.29 is 14.7 Å². The van der Waals surface area contributed by atoms with E-state index in [0.29, 0.717) is 16.3 Å². The molecule has 3 N–H and O–H groups in total. The van der Waals surface area contributed by atoms with Gasteiger partial charge < -0.3 is 15.7 Å². The zero-order valence-corrected chi connectivity index (χ0v) is 15.7. The Balaban J connectivity index is 1.56. The van der Waals surface area contributed by atoms with Crippen LogP contribution in [0.2, 0.25) is 5.02 Å². The Bertz CT molecular complexity index is 976.